The molecule has 1 atom stereocenters. The van der Waals surface area contributed by atoms with Crippen LogP contribution in [-0.2, 0) is 6.42 Å². The summed E-state index contributed by atoms with van der Waals surface area (Å²) in [5.74, 6) is 0.456. The van der Waals surface area contributed by atoms with Gasteiger partial charge in [0.25, 0.3) is 5.91 Å². The van der Waals surface area contributed by atoms with Gasteiger partial charge in [0.1, 0.15) is 11.3 Å². The minimum atomic E-state index is -0.109. The highest BCUT2D eigenvalue weighted by atomic mass is 16.5. The van der Waals surface area contributed by atoms with Crippen LogP contribution in [0, 0.1) is 13.8 Å². The van der Waals surface area contributed by atoms with Gasteiger partial charge < -0.3 is 9.84 Å². The van der Waals surface area contributed by atoms with E-state index in [9.17, 15) is 4.79 Å². The average Bonchev–Trinajstić information content (AvgIpc) is 2.77. The fourth-order valence-electron chi connectivity index (χ4n) is 2.20. The zero-order valence-electron chi connectivity index (χ0n) is 12.1. The molecular formula is C16H20N2O2. The second-order valence-electron chi connectivity index (χ2n) is 5.10. The number of benzene rings is 1. The number of aryl methyl sites for hydroxylation is 3. The number of rotatable bonds is 5. The van der Waals surface area contributed by atoms with E-state index in [4.69, 9.17) is 4.52 Å². The van der Waals surface area contributed by atoms with E-state index in [2.05, 4.69) is 22.6 Å². The van der Waals surface area contributed by atoms with Crippen molar-refractivity contribution in [3.8, 4) is 0 Å². The molecule has 0 aliphatic heterocycles. The van der Waals surface area contributed by atoms with Crippen LogP contribution in [0.15, 0.2) is 34.9 Å². The zero-order valence-corrected chi connectivity index (χ0v) is 12.1. The van der Waals surface area contributed by atoms with E-state index in [1.807, 2.05) is 25.1 Å². The third kappa shape index (κ3) is 3.47. The molecule has 0 aliphatic rings. The predicted octanol–water partition coefficient (Wildman–Crippen LogP) is 3.04. The molecule has 0 bridgehead atoms. The summed E-state index contributed by atoms with van der Waals surface area (Å²) in [7, 11) is 0. The van der Waals surface area contributed by atoms with E-state index in [-0.39, 0.29) is 11.9 Å². The normalized spacial score (nSPS) is 12.2. The van der Waals surface area contributed by atoms with Gasteiger partial charge >= 0.3 is 0 Å². The van der Waals surface area contributed by atoms with Gasteiger partial charge in [-0.05, 0) is 39.2 Å². The van der Waals surface area contributed by atoms with E-state index in [1.54, 1.807) is 13.8 Å². The second-order valence-corrected chi connectivity index (χ2v) is 5.10. The number of carbonyl (C=O) groups excluding carboxylic acids is 1. The smallest absolute Gasteiger partial charge is 0.256 e. The summed E-state index contributed by atoms with van der Waals surface area (Å²) in [6.07, 6.45) is 1.85. The molecule has 1 heterocycles. The molecule has 1 N–H and O–H groups in total. The first kappa shape index (κ1) is 14.3. The number of nitrogens with one attached hydrogen (secondary N) is 1. The fourth-order valence-corrected chi connectivity index (χ4v) is 2.20. The summed E-state index contributed by atoms with van der Waals surface area (Å²) in [6.45, 7) is 5.54. The van der Waals surface area contributed by atoms with Crippen LogP contribution < -0.4 is 5.32 Å². The first-order valence-electron chi connectivity index (χ1n) is 6.85. The molecule has 0 aliphatic carbocycles. The van der Waals surface area contributed by atoms with Gasteiger partial charge in [0, 0.05) is 6.04 Å². The van der Waals surface area contributed by atoms with Crippen LogP contribution in [0.5, 0.6) is 0 Å². The number of hydrogen-bond acceptors (Lipinski definition) is 3. The van der Waals surface area contributed by atoms with Gasteiger partial charge in [-0.25, -0.2) is 0 Å². The van der Waals surface area contributed by atoms with Crippen LogP contribution >= 0.6 is 0 Å². The molecule has 1 amide bonds. The highest BCUT2D eigenvalue weighted by Gasteiger charge is 2.18. The SMILES string of the molecule is Cc1noc(C)c1C(=O)N[C@H](C)CCc1ccccc1. The molecule has 2 aromatic rings. The van der Waals surface area contributed by atoms with Crippen molar-refractivity contribution in [2.75, 3.05) is 0 Å². The Kier molecular flexibility index (Phi) is 4.56. The first-order chi connectivity index (χ1) is 9.58. The Morgan fingerprint density at radius 3 is 2.60 bits per heavy atom. The molecule has 20 heavy (non-hydrogen) atoms. The summed E-state index contributed by atoms with van der Waals surface area (Å²) in [4.78, 5) is 12.2. The lowest BCUT2D eigenvalue weighted by Crippen LogP contribution is -2.33. The number of carbonyl (C=O) groups is 1. The lowest BCUT2D eigenvalue weighted by Gasteiger charge is -2.13. The van der Waals surface area contributed by atoms with Crippen LogP contribution in [0.1, 0.15) is 40.7 Å². The topological polar surface area (TPSA) is 55.1 Å². The lowest BCUT2D eigenvalue weighted by molar-refractivity contribution is 0.0936. The Morgan fingerprint density at radius 2 is 2.00 bits per heavy atom. The van der Waals surface area contributed by atoms with Gasteiger partial charge in [-0.3, -0.25) is 4.79 Å². The maximum Gasteiger partial charge on any atom is 0.256 e. The molecule has 0 fully saturated rings. The van der Waals surface area contributed by atoms with E-state index in [0.29, 0.717) is 17.0 Å². The monoisotopic (exact) mass is 272 g/mol. The molecular weight excluding hydrogens is 252 g/mol. The van der Waals surface area contributed by atoms with E-state index in [0.717, 1.165) is 12.8 Å². The van der Waals surface area contributed by atoms with Crippen molar-refractivity contribution in [2.45, 2.75) is 39.7 Å². The van der Waals surface area contributed by atoms with Crippen molar-refractivity contribution < 1.29 is 9.32 Å². The third-order valence-corrected chi connectivity index (χ3v) is 3.35. The summed E-state index contributed by atoms with van der Waals surface area (Å²) in [5.41, 5.74) is 2.47. The number of hydrogen-bond donors (Lipinski definition) is 1. The Labute approximate surface area is 119 Å². The van der Waals surface area contributed by atoms with Gasteiger partial charge in [0.2, 0.25) is 0 Å². The first-order valence-corrected chi connectivity index (χ1v) is 6.85. The molecule has 0 saturated carbocycles. The standard InChI is InChI=1S/C16H20N2O2/c1-11(9-10-14-7-5-4-6-8-14)17-16(19)15-12(2)18-20-13(15)3/h4-8,11H,9-10H2,1-3H3,(H,17,19)/t11-/m1/s1. The van der Waals surface area contributed by atoms with Crippen molar-refractivity contribution in [2.24, 2.45) is 0 Å². The van der Waals surface area contributed by atoms with Crippen LogP contribution in [-0.4, -0.2) is 17.1 Å². The molecule has 1 aromatic carbocycles. The highest BCUT2D eigenvalue weighted by molar-refractivity contribution is 5.96. The predicted molar refractivity (Wildman–Crippen MR) is 77.7 cm³/mol. The van der Waals surface area contributed by atoms with Gasteiger partial charge in [0.05, 0.1) is 5.69 Å². The second kappa shape index (κ2) is 6.37. The number of nitrogens with zero attached hydrogens (tertiary/aromatic N) is 1. The van der Waals surface area contributed by atoms with Crippen LogP contribution in [0.3, 0.4) is 0 Å². The summed E-state index contributed by atoms with van der Waals surface area (Å²) in [6, 6.07) is 10.4. The molecule has 0 spiro atoms. The Morgan fingerprint density at radius 1 is 1.30 bits per heavy atom. The minimum Gasteiger partial charge on any atom is -0.361 e. The quantitative estimate of drug-likeness (QED) is 0.910. The fraction of sp³-hybridized carbons (Fsp3) is 0.375. The molecule has 1 aromatic heterocycles. The lowest BCUT2D eigenvalue weighted by atomic mass is 10.1. The Hall–Kier alpha value is -2.10. The summed E-state index contributed by atoms with van der Waals surface area (Å²) < 4.78 is 5.02. The molecule has 0 unspecified atom stereocenters. The van der Waals surface area contributed by atoms with Crippen molar-refractivity contribution in [3.63, 3.8) is 0 Å². The van der Waals surface area contributed by atoms with Crippen molar-refractivity contribution in [1.29, 1.82) is 0 Å². The van der Waals surface area contributed by atoms with Crippen molar-refractivity contribution in [1.82, 2.24) is 10.5 Å². The van der Waals surface area contributed by atoms with Gasteiger partial charge in [-0.2, -0.15) is 0 Å². The largest absolute Gasteiger partial charge is 0.361 e. The van der Waals surface area contributed by atoms with Crippen LogP contribution in [0.25, 0.3) is 0 Å². The maximum absolute atomic E-state index is 12.2. The average molecular weight is 272 g/mol. The Bertz CT molecular complexity index is 556. The van der Waals surface area contributed by atoms with Crippen molar-refractivity contribution in [3.05, 3.63) is 52.9 Å². The minimum absolute atomic E-state index is 0.108. The third-order valence-electron chi connectivity index (χ3n) is 3.35. The van der Waals surface area contributed by atoms with Crippen LogP contribution in [0.4, 0.5) is 0 Å². The molecule has 0 saturated heterocycles. The van der Waals surface area contributed by atoms with Gasteiger partial charge in [-0.1, -0.05) is 35.5 Å². The molecule has 0 radical (unpaired) electrons. The molecule has 4 nitrogen and oxygen atoms in total. The number of aromatic nitrogens is 1. The zero-order chi connectivity index (χ0) is 14.5. The van der Waals surface area contributed by atoms with Gasteiger partial charge in [-0.15, -0.1) is 0 Å². The molecule has 2 rings (SSSR count). The summed E-state index contributed by atoms with van der Waals surface area (Å²) in [5, 5.41) is 6.80. The Balaban J connectivity index is 1.89. The molecule has 4 heteroatoms. The van der Waals surface area contributed by atoms with E-state index in [1.165, 1.54) is 5.56 Å². The highest BCUT2D eigenvalue weighted by Crippen LogP contribution is 2.12. The molecule has 106 valence electrons. The summed E-state index contributed by atoms with van der Waals surface area (Å²) >= 11 is 0. The van der Waals surface area contributed by atoms with E-state index >= 15 is 0 Å². The van der Waals surface area contributed by atoms with Crippen molar-refractivity contribution >= 4 is 5.91 Å². The number of amides is 1. The van der Waals surface area contributed by atoms with E-state index < -0.39 is 0 Å². The van der Waals surface area contributed by atoms with Crippen LogP contribution in [0.2, 0.25) is 0 Å². The maximum atomic E-state index is 12.2. The van der Waals surface area contributed by atoms with Gasteiger partial charge in [0.15, 0.2) is 0 Å².